The van der Waals surface area contributed by atoms with Gasteiger partial charge in [0.2, 0.25) is 0 Å². The maximum atomic E-state index is 13.4. The van der Waals surface area contributed by atoms with Crippen molar-refractivity contribution in [2.24, 2.45) is 0 Å². The number of ether oxygens (including phenoxy) is 1. The van der Waals surface area contributed by atoms with Crippen molar-refractivity contribution in [2.45, 2.75) is 28.9 Å². The van der Waals surface area contributed by atoms with Crippen molar-refractivity contribution < 1.29 is 14.3 Å². The van der Waals surface area contributed by atoms with Gasteiger partial charge in [0.05, 0.1) is 17.7 Å². The number of amides is 1. The van der Waals surface area contributed by atoms with Gasteiger partial charge >= 0.3 is 0 Å². The van der Waals surface area contributed by atoms with E-state index >= 15 is 0 Å². The molecule has 2 aliphatic rings. The second kappa shape index (κ2) is 7.73. The zero-order valence-electron chi connectivity index (χ0n) is 16.9. The molecule has 5 rings (SSSR count). The molecule has 0 atom stereocenters. The number of methoxy groups -OCH3 is 1. The normalized spacial score (nSPS) is 17.7. The molecule has 2 aliphatic heterocycles. The van der Waals surface area contributed by atoms with Crippen LogP contribution in [0.25, 0.3) is 10.1 Å². The molecule has 0 saturated carbocycles. The van der Waals surface area contributed by atoms with Crippen molar-refractivity contribution in [3.63, 3.8) is 0 Å². The number of rotatable bonds is 2. The Morgan fingerprint density at radius 2 is 1.97 bits per heavy atom. The number of hydrogen-bond acceptors (Lipinski definition) is 6. The molecule has 0 bridgehead atoms. The Morgan fingerprint density at radius 3 is 2.71 bits per heavy atom. The quantitative estimate of drug-likeness (QED) is 0.533. The van der Waals surface area contributed by atoms with E-state index in [0.717, 1.165) is 39.1 Å². The van der Waals surface area contributed by atoms with Crippen LogP contribution < -0.4 is 10.5 Å². The van der Waals surface area contributed by atoms with Crippen LogP contribution in [0.4, 0.5) is 5.00 Å². The van der Waals surface area contributed by atoms with Crippen LogP contribution in [-0.4, -0.2) is 41.5 Å². The van der Waals surface area contributed by atoms with Crippen LogP contribution in [-0.2, 0) is 0 Å². The summed E-state index contributed by atoms with van der Waals surface area (Å²) in [6.07, 6.45) is 2.02. The van der Waals surface area contributed by atoms with E-state index in [1.54, 1.807) is 24.9 Å². The number of Topliss-reactive ketones (excluding diaryl/α,β-unsaturated/α-hetero) is 1. The Kier molecular flexibility index (Phi) is 5.15. The van der Waals surface area contributed by atoms with E-state index in [-0.39, 0.29) is 16.4 Å². The van der Waals surface area contributed by atoms with Gasteiger partial charge in [-0.1, -0.05) is 11.6 Å². The highest BCUT2D eigenvalue weighted by Gasteiger charge is 2.43. The second-order valence-electron chi connectivity index (χ2n) is 8.02. The van der Waals surface area contributed by atoms with Gasteiger partial charge in [0.15, 0.2) is 5.78 Å². The van der Waals surface area contributed by atoms with Gasteiger partial charge in [0.25, 0.3) is 5.91 Å². The number of carbonyl (C=O) groups excluding carboxylic acids is 2. The fraction of sp³-hybridized carbons (Fsp3) is 0.304. The highest BCUT2D eigenvalue weighted by molar-refractivity contribution is 8.01. The van der Waals surface area contributed by atoms with Crippen molar-refractivity contribution in [3.05, 3.63) is 52.5 Å². The molecule has 5 nitrogen and oxygen atoms in total. The zero-order chi connectivity index (χ0) is 21.8. The van der Waals surface area contributed by atoms with Gasteiger partial charge < -0.3 is 15.4 Å². The first-order chi connectivity index (χ1) is 14.9. The minimum atomic E-state index is -0.162. The minimum Gasteiger partial charge on any atom is -0.497 e. The number of thiophene rings is 1. The predicted octanol–water partition coefficient (Wildman–Crippen LogP) is 5.50. The number of carbonyl (C=O) groups is 2. The molecule has 2 aromatic carbocycles. The number of piperidine rings is 1. The average molecular weight is 473 g/mol. The molecular formula is C23H21ClN2O3S2. The minimum absolute atomic E-state index is 0.0388. The first-order valence-electron chi connectivity index (χ1n) is 10.1. The summed E-state index contributed by atoms with van der Waals surface area (Å²) >= 11 is 9.24. The highest BCUT2D eigenvalue weighted by Crippen LogP contribution is 2.49. The van der Waals surface area contributed by atoms with Crippen molar-refractivity contribution in [3.8, 4) is 5.75 Å². The first kappa shape index (κ1) is 20.7. The third kappa shape index (κ3) is 3.58. The summed E-state index contributed by atoms with van der Waals surface area (Å²) in [5.74, 6) is 0.842. The molecule has 160 valence electrons. The lowest BCUT2D eigenvalue weighted by molar-refractivity contribution is 0.0699. The largest absolute Gasteiger partial charge is 0.497 e. The molecule has 31 heavy (non-hydrogen) atoms. The number of nitrogen functional groups attached to an aromatic ring is 1. The van der Waals surface area contributed by atoms with Crippen molar-refractivity contribution in [1.29, 1.82) is 0 Å². The topological polar surface area (TPSA) is 72.6 Å². The molecule has 8 heteroatoms. The summed E-state index contributed by atoms with van der Waals surface area (Å²) in [5.41, 5.74) is 7.54. The molecule has 3 heterocycles. The SMILES string of the molecule is COc1ccc2c(C(=O)N3CCC4(CC3)CC(=O)c3cc(Cl)ccc3S4)c(N)sc2c1. The number of nitrogens with zero attached hydrogens (tertiary/aromatic N) is 1. The number of hydrogen-bond donors (Lipinski definition) is 1. The summed E-state index contributed by atoms with van der Waals surface area (Å²) in [4.78, 5) is 29.0. The Labute approximate surface area is 193 Å². The van der Waals surface area contributed by atoms with Gasteiger partial charge in [0.1, 0.15) is 5.75 Å². The average Bonchev–Trinajstić information content (AvgIpc) is 3.09. The number of fused-ring (bicyclic) bond motifs is 2. The lowest BCUT2D eigenvalue weighted by atomic mass is 9.87. The third-order valence-corrected chi connectivity index (χ3v) is 8.93. The number of likely N-dealkylation sites (tertiary alicyclic amines) is 1. The number of anilines is 1. The summed E-state index contributed by atoms with van der Waals surface area (Å²) in [7, 11) is 1.62. The van der Waals surface area contributed by atoms with Crippen LogP contribution >= 0.6 is 34.7 Å². The summed E-state index contributed by atoms with van der Waals surface area (Å²) in [5, 5.41) is 1.98. The van der Waals surface area contributed by atoms with Crippen molar-refractivity contribution >= 4 is 61.5 Å². The first-order valence-corrected chi connectivity index (χ1v) is 12.1. The maximum Gasteiger partial charge on any atom is 0.257 e. The monoisotopic (exact) mass is 472 g/mol. The maximum absolute atomic E-state index is 13.4. The van der Waals surface area contributed by atoms with Crippen LogP contribution in [0.15, 0.2) is 41.3 Å². The molecule has 2 N–H and O–H groups in total. The standard InChI is InChI=1S/C23H21ClN2O3S2/c1-29-14-3-4-15-19(11-14)30-21(25)20(15)22(28)26-8-6-23(7-9-26)12-17(27)16-10-13(24)2-5-18(16)31-23/h2-5,10-11H,6-9,12,25H2,1H3. The number of thioether (sulfide) groups is 1. The summed E-state index contributed by atoms with van der Waals surface area (Å²) < 4.78 is 6.07. The molecule has 0 aliphatic carbocycles. The van der Waals surface area contributed by atoms with Crippen molar-refractivity contribution in [2.75, 3.05) is 25.9 Å². The van der Waals surface area contributed by atoms with Gasteiger partial charge in [-0.15, -0.1) is 23.1 Å². The Hall–Kier alpha value is -2.22. The molecule has 1 amide bonds. The lowest BCUT2D eigenvalue weighted by Gasteiger charge is -2.43. The van der Waals surface area contributed by atoms with Crippen LogP contribution in [0.1, 0.15) is 40.0 Å². The van der Waals surface area contributed by atoms with Crippen LogP contribution in [0, 0.1) is 0 Å². The summed E-state index contributed by atoms with van der Waals surface area (Å²) in [6, 6.07) is 11.2. The molecular weight excluding hydrogens is 452 g/mol. The van der Waals surface area contributed by atoms with Crippen LogP contribution in [0.3, 0.4) is 0 Å². The lowest BCUT2D eigenvalue weighted by Crippen LogP contribution is -2.47. The second-order valence-corrected chi connectivity index (χ2v) is 11.1. The Morgan fingerprint density at radius 1 is 1.19 bits per heavy atom. The molecule has 0 radical (unpaired) electrons. The predicted molar refractivity (Wildman–Crippen MR) is 127 cm³/mol. The third-order valence-electron chi connectivity index (χ3n) is 6.15. The summed E-state index contributed by atoms with van der Waals surface area (Å²) in [6.45, 7) is 1.21. The smallest absolute Gasteiger partial charge is 0.257 e. The van der Waals surface area contributed by atoms with E-state index in [2.05, 4.69) is 0 Å². The highest BCUT2D eigenvalue weighted by atomic mass is 35.5. The Bertz CT molecular complexity index is 1210. The van der Waals surface area contributed by atoms with Crippen molar-refractivity contribution in [1.82, 2.24) is 4.90 Å². The van der Waals surface area contributed by atoms with Gasteiger partial charge in [0, 0.05) is 49.8 Å². The van der Waals surface area contributed by atoms with E-state index in [1.807, 2.05) is 35.2 Å². The van der Waals surface area contributed by atoms with E-state index in [1.165, 1.54) is 11.3 Å². The van der Waals surface area contributed by atoms with E-state index in [0.29, 0.717) is 35.1 Å². The molecule has 1 saturated heterocycles. The Balaban J connectivity index is 1.36. The number of halogens is 1. The van der Waals surface area contributed by atoms with Crippen LogP contribution in [0.2, 0.25) is 5.02 Å². The van der Waals surface area contributed by atoms with Gasteiger partial charge in [-0.25, -0.2) is 0 Å². The van der Waals surface area contributed by atoms with E-state index in [4.69, 9.17) is 22.1 Å². The van der Waals surface area contributed by atoms with Gasteiger partial charge in [-0.05, 0) is 49.2 Å². The molecule has 0 unspecified atom stereocenters. The fourth-order valence-corrected chi connectivity index (χ4v) is 7.10. The van der Waals surface area contributed by atoms with E-state index in [9.17, 15) is 9.59 Å². The number of nitrogens with two attached hydrogens (primary N) is 1. The van der Waals surface area contributed by atoms with E-state index < -0.39 is 0 Å². The zero-order valence-corrected chi connectivity index (χ0v) is 19.3. The molecule has 1 spiro atoms. The van der Waals surface area contributed by atoms with Gasteiger partial charge in [-0.2, -0.15) is 0 Å². The fourth-order valence-electron chi connectivity index (χ4n) is 4.46. The molecule has 3 aromatic rings. The van der Waals surface area contributed by atoms with Crippen LogP contribution in [0.5, 0.6) is 5.75 Å². The van der Waals surface area contributed by atoms with Gasteiger partial charge in [-0.3, -0.25) is 9.59 Å². The molecule has 1 aromatic heterocycles. The molecule has 1 fully saturated rings. The number of ketones is 1. The number of benzene rings is 2.